The van der Waals surface area contributed by atoms with E-state index in [-0.39, 0.29) is 0 Å². The number of para-hydroxylation sites is 2. The molecule has 0 radical (unpaired) electrons. The lowest BCUT2D eigenvalue weighted by Crippen LogP contribution is -1.94. The molecule has 0 spiro atoms. The molecule has 70 heavy (non-hydrogen) atoms. The molecule has 2 heteroatoms. The van der Waals surface area contributed by atoms with E-state index in [2.05, 4.69) is 254 Å². The minimum Gasteiger partial charge on any atom is -0.316 e. The van der Waals surface area contributed by atoms with Crippen molar-refractivity contribution in [3.63, 3.8) is 0 Å². The zero-order valence-electron chi connectivity index (χ0n) is 38.8. The molecular weight excluding hydrogens is 845 g/mol. The topological polar surface area (TPSA) is 9.86 Å². The number of fused-ring (bicyclic) bond motifs is 10. The monoisotopic (exact) mass is 888 g/mol. The van der Waals surface area contributed by atoms with Crippen LogP contribution in [-0.4, -0.2) is 9.13 Å². The average Bonchev–Trinajstić information content (AvgIpc) is 4.20. The van der Waals surface area contributed by atoms with Gasteiger partial charge in [-0.25, -0.2) is 0 Å². The first kappa shape index (κ1) is 39.1. The molecule has 13 aromatic carbocycles. The molecule has 326 valence electrons. The second-order valence-electron chi connectivity index (χ2n) is 19.4. The van der Waals surface area contributed by atoms with E-state index in [1.165, 1.54) is 131 Å². The lowest BCUT2D eigenvalue weighted by atomic mass is 9.84. The van der Waals surface area contributed by atoms with Crippen LogP contribution in [0.2, 0.25) is 0 Å². The van der Waals surface area contributed by atoms with E-state index in [9.17, 15) is 0 Å². The van der Waals surface area contributed by atoms with Crippen molar-refractivity contribution in [2.45, 2.75) is 13.8 Å². The van der Waals surface area contributed by atoms with Crippen molar-refractivity contribution in [2.75, 3.05) is 0 Å². The molecule has 0 atom stereocenters. The number of rotatable bonds is 6. The lowest BCUT2D eigenvalue weighted by Gasteiger charge is -2.18. The Morgan fingerprint density at radius 2 is 0.743 bits per heavy atom. The van der Waals surface area contributed by atoms with Crippen LogP contribution in [0.25, 0.3) is 142 Å². The number of benzene rings is 11. The Hall–Kier alpha value is -8.98. The number of nitrogens with zero attached hydrogens (tertiary/aromatic N) is 2. The summed E-state index contributed by atoms with van der Waals surface area (Å²) in [5.74, 6) is 0. The highest BCUT2D eigenvalue weighted by Crippen LogP contribution is 2.56. The summed E-state index contributed by atoms with van der Waals surface area (Å²) < 4.78 is 4.81. The first-order chi connectivity index (χ1) is 34.6. The third-order valence-electron chi connectivity index (χ3n) is 15.3. The van der Waals surface area contributed by atoms with E-state index >= 15 is 0 Å². The van der Waals surface area contributed by atoms with Gasteiger partial charge in [0, 0.05) is 40.5 Å². The highest BCUT2D eigenvalue weighted by molar-refractivity contribution is 6.46. The molecule has 0 bridgehead atoms. The Labute approximate surface area is 405 Å². The Morgan fingerprint density at radius 1 is 0.257 bits per heavy atom. The van der Waals surface area contributed by atoms with Gasteiger partial charge in [-0.3, -0.25) is 0 Å². The largest absolute Gasteiger partial charge is 0.316 e. The SMILES string of the molecule is Cc1ccc2cc3c4c(-c5cc(-c6ccccc6)n(-c6ccccc6)c5)c5c(cc6c7ccc(C)cc7c7cccc5c76)c(-c5cc(-c6ccccc6)n(-c6ccccc6)c5)c4c4cccc(c2c1)c43. The maximum absolute atomic E-state index is 2.57. The zero-order chi connectivity index (χ0) is 46.2. The van der Waals surface area contributed by atoms with Gasteiger partial charge < -0.3 is 9.13 Å². The smallest absolute Gasteiger partial charge is 0.0534 e. The van der Waals surface area contributed by atoms with Crippen LogP contribution in [0, 0.1) is 13.8 Å². The van der Waals surface area contributed by atoms with Crippen LogP contribution < -0.4 is 0 Å². The van der Waals surface area contributed by atoms with Crippen LogP contribution in [0.5, 0.6) is 0 Å². The molecule has 0 amide bonds. The summed E-state index contributed by atoms with van der Waals surface area (Å²) in [6, 6.07) is 81.5. The Balaban J connectivity index is 1.22. The van der Waals surface area contributed by atoms with Crippen molar-refractivity contribution in [1.29, 1.82) is 0 Å². The molecule has 0 saturated carbocycles. The summed E-state index contributed by atoms with van der Waals surface area (Å²) >= 11 is 0. The van der Waals surface area contributed by atoms with Gasteiger partial charge in [0.1, 0.15) is 0 Å². The first-order valence-corrected chi connectivity index (χ1v) is 24.4. The summed E-state index contributed by atoms with van der Waals surface area (Å²) in [4.78, 5) is 0. The molecule has 2 nitrogen and oxygen atoms in total. The zero-order valence-corrected chi connectivity index (χ0v) is 38.8. The molecule has 0 aliphatic heterocycles. The fourth-order valence-corrected chi connectivity index (χ4v) is 12.3. The van der Waals surface area contributed by atoms with E-state index in [1.54, 1.807) is 0 Å². The van der Waals surface area contributed by atoms with Crippen LogP contribution in [0.1, 0.15) is 11.1 Å². The minimum absolute atomic E-state index is 1.13. The molecule has 0 N–H and O–H groups in total. The van der Waals surface area contributed by atoms with Crippen molar-refractivity contribution in [1.82, 2.24) is 9.13 Å². The molecule has 0 aliphatic rings. The number of aromatic nitrogens is 2. The van der Waals surface area contributed by atoms with Gasteiger partial charge in [-0.2, -0.15) is 0 Å². The summed E-state index contributed by atoms with van der Waals surface area (Å²) in [7, 11) is 0. The van der Waals surface area contributed by atoms with Gasteiger partial charge in [0.05, 0.1) is 11.4 Å². The third kappa shape index (κ3) is 5.56. The molecular formula is C68H44N2. The van der Waals surface area contributed by atoms with Crippen LogP contribution in [0.4, 0.5) is 0 Å². The minimum atomic E-state index is 1.13. The number of hydrogen-bond donors (Lipinski definition) is 0. The van der Waals surface area contributed by atoms with Gasteiger partial charge in [-0.1, -0.05) is 181 Å². The van der Waals surface area contributed by atoms with E-state index in [0.29, 0.717) is 0 Å². The van der Waals surface area contributed by atoms with E-state index in [1.807, 2.05) is 0 Å². The normalized spacial score (nSPS) is 12.1. The van der Waals surface area contributed by atoms with E-state index in [4.69, 9.17) is 0 Å². The molecule has 2 heterocycles. The summed E-state index contributed by atoms with van der Waals surface area (Å²) in [6.45, 7) is 4.43. The van der Waals surface area contributed by atoms with Gasteiger partial charge in [0.15, 0.2) is 0 Å². The molecule has 0 unspecified atom stereocenters. The molecule has 0 fully saturated rings. The van der Waals surface area contributed by atoms with Gasteiger partial charge >= 0.3 is 0 Å². The predicted molar refractivity (Wildman–Crippen MR) is 299 cm³/mol. The van der Waals surface area contributed by atoms with Crippen LogP contribution in [0.15, 0.2) is 231 Å². The van der Waals surface area contributed by atoms with Crippen molar-refractivity contribution >= 4 is 86.2 Å². The van der Waals surface area contributed by atoms with Crippen molar-refractivity contribution < 1.29 is 0 Å². The molecule has 15 rings (SSSR count). The molecule has 0 saturated heterocycles. The fourth-order valence-electron chi connectivity index (χ4n) is 12.3. The first-order valence-electron chi connectivity index (χ1n) is 24.4. The highest BCUT2D eigenvalue weighted by atomic mass is 15.0. The Morgan fingerprint density at radius 3 is 1.36 bits per heavy atom. The number of hydrogen-bond acceptors (Lipinski definition) is 0. The number of aryl methyl sites for hydroxylation is 2. The van der Waals surface area contributed by atoms with Gasteiger partial charge in [0.2, 0.25) is 0 Å². The lowest BCUT2D eigenvalue weighted by molar-refractivity contribution is 1.09. The second-order valence-corrected chi connectivity index (χ2v) is 19.4. The maximum Gasteiger partial charge on any atom is 0.0534 e. The fraction of sp³-hybridized carbons (Fsp3) is 0.0294. The third-order valence-corrected chi connectivity index (χ3v) is 15.3. The highest BCUT2D eigenvalue weighted by Gasteiger charge is 2.29. The molecule has 2 aromatic heterocycles. The van der Waals surface area contributed by atoms with Gasteiger partial charge in [-0.15, -0.1) is 0 Å². The van der Waals surface area contributed by atoms with Crippen molar-refractivity contribution in [2.24, 2.45) is 0 Å². The second kappa shape index (κ2) is 14.8. The van der Waals surface area contributed by atoms with Gasteiger partial charge in [-0.05, 0) is 165 Å². The Bertz CT molecular complexity index is 4440. The summed E-state index contributed by atoms with van der Waals surface area (Å²) in [6.07, 6.45) is 4.82. The average molecular weight is 889 g/mol. The van der Waals surface area contributed by atoms with Crippen LogP contribution >= 0.6 is 0 Å². The maximum atomic E-state index is 2.57. The van der Waals surface area contributed by atoms with E-state index < -0.39 is 0 Å². The van der Waals surface area contributed by atoms with Gasteiger partial charge in [0.25, 0.3) is 0 Å². The van der Waals surface area contributed by atoms with Crippen LogP contribution in [-0.2, 0) is 0 Å². The predicted octanol–water partition coefficient (Wildman–Crippen LogP) is 18.7. The Kier molecular flexibility index (Phi) is 8.24. The summed E-state index contributed by atoms with van der Waals surface area (Å²) in [5.41, 5.74) is 14.4. The molecule has 0 aliphatic carbocycles. The van der Waals surface area contributed by atoms with Crippen molar-refractivity contribution in [3.8, 4) is 56.1 Å². The summed E-state index contributed by atoms with van der Waals surface area (Å²) in [5, 5.41) is 20.7. The van der Waals surface area contributed by atoms with Crippen molar-refractivity contribution in [3.05, 3.63) is 242 Å². The molecule has 15 aromatic rings. The standard InChI is InChI=1S/C68H44N2/c1-41-29-31-45-35-58-65-51(55(45)33-41)25-15-28-54(65)67-62(46-36-60(43-17-7-3-8-18-43)69(39-46)48-21-11-5-12-22-48)59-38-57-50-32-30-42(2)34-56(50)52-26-16-27-53(64(52)57)66(59)63(68(58)67)47-37-61(44-19-9-4-10-20-44)70(40-47)49-23-13-6-14-24-49/h3-40H,1-2H3. The van der Waals surface area contributed by atoms with Crippen LogP contribution in [0.3, 0.4) is 0 Å². The van der Waals surface area contributed by atoms with E-state index in [0.717, 1.165) is 22.8 Å². The quantitative estimate of drug-likeness (QED) is 0.147.